The fourth-order valence-corrected chi connectivity index (χ4v) is 4.07. The van der Waals surface area contributed by atoms with Gasteiger partial charge in [-0.25, -0.2) is 0 Å². The molecule has 1 saturated heterocycles. The fraction of sp³-hybridized carbons (Fsp3) is 0.650. The summed E-state index contributed by atoms with van der Waals surface area (Å²) in [7, 11) is 1.75. The molecule has 0 aliphatic carbocycles. The first-order valence-corrected chi connectivity index (χ1v) is 9.42. The molecule has 1 aromatic rings. The number of ether oxygens (including phenoxy) is 1. The summed E-state index contributed by atoms with van der Waals surface area (Å²) in [5.74, 6) is 0.133. The van der Waals surface area contributed by atoms with Crippen LogP contribution in [0.4, 0.5) is 0 Å². The molecule has 0 radical (unpaired) electrons. The van der Waals surface area contributed by atoms with E-state index in [1.165, 1.54) is 11.1 Å². The van der Waals surface area contributed by atoms with Crippen LogP contribution in [0.15, 0.2) is 24.3 Å². The van der Waals surface area contributed by atoms with Gasteiger partial charge in [0.05, 0.1) is 12.6 Å². The normalized spacial score (nSPS) is 19.8. The van der Waals surface area contributed by atoms with Gasteiger partial charge in [-0.3, -0.25) is 9.69 Å². The standard InChI is InChI=1S/C20H31N3O2.2ClH/c1-16(23-12-7-17-5-3-4-6-18(17)13-23)19(24)22-14-20(15-25-2)8-10-21-11-9-20;;/h3-6,16,21H,7-15H2,1-2H3,(H,22,24);2*1H. The minimum absolute atomic E-state index is 0. The molecule has 0 spiro atoms. The number of hydrogen-bond donors (Lipinski definition) is 2. The van der Waals surface area contributed by atoms with Crippen LogP contribution >= 0.6 is 24.8 Å². The second kappa shape index (κ2) is 11.2. The molecular weight excluding hydrogens is 385 g/mol. The molecule has 154 valence electrons. The summed E-state index contributed by atoms with van der Waals surface area (Å²) in [5.41, 5.74) is 2.84. The molecule has 2 heterocycles. The lowest BCUT2D eigenvalue weighted by molar-refractivity contribution is -0.127. The van der Waals surface area contributed by atoms with Crippen LogP contribution in [0.25, 0.3) is 0 Å². The van der Waals surface area contributed by atoms with Gasteiger partial charge in [-0.1, -0.05) is 24.3 Å². The van der Waals surface area contributed by atoms with E-state index >= 15 is 0 Å². The van der Waals surface area contributed by atoms with Crippen molar-refractivity contribution in [2.45, 2.75) is 38.8 Å². The molecule has 3 rings (SSSR count). The zero-order valence-electron chi connectivity index (χ0n) is 16.3. The van der Waals surface area contributed by atoms with Crippen molar-refractivity contribution in [3.8, 4) is 0 Å². The number of carbonyl (C=O) groups excluding carboxylic acids is 1. The number of fused-ring (bicyclic) bond motifs is 1. The number of piperidine rings is 1. The first-order valence-electron chi connectivity index (χ1n) is 9.42. The van der Waals surface area contributed by atoms with Crippen molar-refractivity contribution in [1.82, 2.24) is 15.5 Å². The van der Waals surface area contributed by atoms with E-state index in [0.717, 1.165) is 45.4 Å². The predicted octanol–water partition coefficient (Wildman–Crippen LogP) is 2.41. The lowest BCUT2D eigenvalue weighted by Gasteiger charge is -2.38. The maximum absolute atomic E-state index is 12.7. The van der Waals surface area contributed by atoms with E-state index in [4.69, 9.17) is 4.74 Å². The number of benzene rings is 1. The summed E-state index contributed by atoms with van der Waals surface area (Å²) in [5, 5.41) is 6.60. The van der Waals surface area contributed by atoms with Gasteiger partial charge in [0.2, 0.25) is 5.91 Å². The molecule has 0 bridgehead atoms. The van der Waals surface area contributed by atoms with Crippen molar-refractivity contribution in [3.63, 3.8) is 0 Å². The van der Waals surface area contributed by atoms with E-state index in [9.17, 15) is 4.79 Å². The van der Waals surface area contributed by atoms with Gasteiger partial charge in [-0.2, -0.15) is 0 Å². The largest absolute Gasteiger partial charge is 0.384 e. The second-order valence-electron chi connectivity index (χ2n) is 7.57. The Labute approximate surface area is 175 Å². The monoisotopic (exact) mass is 417 g/mol. The molecule has 1 aromatic carbocycles. The van der Waals surface area contributed by atoms with E-state index in [1.807, 2.05) is 6.92 Å². The number of amides is 1. The van der Waals surface area contributed by atoms with Crippen LogP contribution in [0.5, 0.6) is 0 Å². The van der Waals surface area contributed by atoms with Gasteiger partial charge in [0.1, 0.15) is 0 Å². The van der Waals surface area contributed by atoms with Crippen LogP contribution < -0.4 is 10.6 Å². The van der Waals surface area contributed by atoms with E-state index in [-0.39, 0.29) is 42.2 Å². The Kier molecular flexibility index (Phi) is 10.1. The summed E-state index contributed by atoms with van der Waals surface area (Å²) in [6, 6.07) is 8.45. The van der Waals surface area contributed by atoms with Gasteiger partial charge >= 0.3 is 0 Å². The smallest absolute Gasteiger partial charge is 0.237 e. The summed E-state index contributed by atoms with van der Waals surface area (Å²) in [4.78, 5) is 15.0. The Morgan fingerprint density at radius 3 is 2.59 bits per heavy atom. The van der Waals surface area contributed by atoms with Crippen LogP contribution in [0.1, 0.15) is 30.9 Å². The Hall–Kier alpha value is -0.850. The maximum atomic E-state index is 12.7. The summed E-state index contributed by atoms with van der Waals surface area (Å²) >= 11 is 0. The van der Waals surface area contributed by atoms with Crippen LogP contribution in [-0.2, 0) is 22.5 Å². The molecule has 7 heteroatoms. The third-order valence-corrected chi connectivity index (χ3v) is 5.84. The highest BCUT2D eigenvalue weighted by Gasteiger charge is 2.33. The van der Waals surface area contributed by atoms with Gasteiger partial charge in [0.25, 0.3) is 0 Å². The predicted molar refractivity (Wildman–Crippen MR) is 114 cm³/mol. The third-order valence-electron chi connectivity index (χ3n) is 5.84. The van der Waals surface area contributed by atoms with E-state index < -0.39 is 0 Å². The average Bonchev–Trinajstić information content (AvgIpc) is 2.66. The Morgan fingerprint density at radius 2 is 1.93 bits per heavy atom. The zero-order chi connectivity index (χ0) is 17.7. The first kappa shape index (κ1) is 24.2. The number of nitrogens with zero attached hydrogens (tertiary/aromatic N) is 1. The average molecular weight is 418 g/mol. The molecule has 1 unspecified atom stereocenters. The quantitative estimate of drug-likeness (QED) is 0.745. The van der Waals surface area contributed by atoms with Gasteiger partial charge in [0, 0.05) is 32.2 Å². The van der Waals surface area contributed by atoms with E-state index in [0.29, 0.717) is 13.2 Å². The molecular formula is C20H33Cl2N3O2. The number of halogens is 2. The molecule has 0 saturated carbocycles. The Balaban J connectivity index is 0.00000182. The molecule has 1 fully saturated rings. The van der Waals surface area contributed by atoms with Gasteiger partial charge in [-0.05, 0) is 50.4 Å². The summed E-state index contributed by atoms with van der Waals surface area (Å²) in [6.07, 6.45) is 3.12. The highest BCUT2D eigenvalue weighted by atomic mass is 35.5. The van der Waals surface area contributed by atoms with Crippen molar-refractivity contribution >= 4 is 30.7 Å². The third kappa shape index (κ3) is 6.06. The lowest BCUT2D eigenvalue weighted by Crippen LogP contribution is -2.52. The Morgan fingerprint density at radius 1 is 1.26 bits per heavy atom. The lowest BCUT2D eigenvalue weighted by atomic mass is 9.79. The highest BCUT2D eigenvalue weighted by Crippen LogP contribution is 2.28. The minimum Gasteiger partial charge on any atom is -0.384 e. The van der Waals surface area contributed by atoms with Gasteiger partial charge < -0.3 is 15.4 Å². The SMILES string of the molecule is COCC1(CNC(=O)C(C)N2CCc3ccccc3C2)CCNCC1.Cl.Cl. The second-order valence-corrected chi connectivity index (χ2v) is 7.57. The van der Waals surface area contributed by atoms with Crippen molar-refractivity contribution in [2.75, 3.05) is 39.9 Å². The molecule has 2 aliphatic rings. The van der Waals surface area contributed by atoms with Crippen LogP contribution in [0.2, 0.25) is 0 Å². The van der Waals surface area contributed by atoms with E-state index in [1.54, 1.807) is 7.11 Å². The topological polar surface area (TPSA) is 53.6 Å². The van der Waals surface area contributed by atoms with E-state index in [2.05, 4.69) is 39.8 Å². The number of carbonyl (C=O) groups is 1. The molecule has 2 aliphatic heterocycles. The highest BCUT2D eigenvalue weighted by molar-refractivity contribution is 5.85. The number of hydrogen-bond acceptors (Lipinski definition) is 4. The maximum Gasteiger partial charge on any atom is 0.237 e. The van der Waals surface area contributed by atoms with Gasteiger partial charge in [-0.15, -0.1) is 24.8 Å². The van der Waals surface area contributed by atoms with Crippen molar-refractivity contribution in [1.29, 1.82) is 0 Å². The number of methoxy groups -OCH3 is 1. The molecule has 0 aromatic heterocycles. The minimum atomic E-state index is -0.102. The number of nitrogens with one attached hydrogen (secondary N) is 2. The number of rotatable bonds is 6. The van der Waals surface area contributed by atoms with Gasteiger partial charge in [0.15, 0.2) is 0 Å². The van der Waals surface area contributed by atoms with Crippen molar-refractivity contribution in [2.24, 2.45) is 5.41 Å². The molecule has 5 nitrogen and oxygen atoms in total. The first-order chi connectivity index (χ1) is 12.1. The van der Waals surface area contributed by atoms with Crippen LogP contribution in [0.3, 0.4) is 0 Å². The fourth-order valence-electron chi connectivity index (χ4n) is 4.07. The Bertz CT molecular complexity index is 589. The zero-order valence-corrected chi connectivity index (χ0v) is 18.0. The summed E-state index contributed by atoms with van der Waals surface area (Å²) in [6.45, 7) is 7.23. The molecule has 27 heavy (non-hydrogen) atoms. The van der Waals surface area contributed by atoms with Crippen molar-refractivity contribution in [3.05, 3.63) is 35.4 Å². The summed E-state index contributed by atoms with van der Waals surface area (Å²) < 4.78 is 5.44. The molecule has 2 N–H and O–H groups in total. The van der Waals surface area contributed by atoms with Crippen molar-refractivity contribution < 1.29 is 9.53 Å². The van der Waals surface area contributed by atoms with Crippen LogP contribution in [-0.4, -0.2) is 56.7 Å². The molecule has 1 atom stereocenters. The molecule has 1 amide bonds. The van der Waals surface area contributed by atoms with Crippen LogP contribution in [0, 0.1) is 5.41 Å².